The Kier molecular flexibility index (Phi) is 3.74. The average Bonchev–Trinajstić information content (AvgIpc) is 3.03. The molecule has 2 unspecified atom stereocenters. The van der Waals surface area contributed by atoms with E-state index in [1.54, 1.807) is 0 Å². The molecule has 4 radical (unpaired) electrons. The van der Waals surface area contributed by atoms with Crippen LogP contribution in [0.4, 0.5) is 0 Å². The number of hydrazine groups is 6. The summed E-state index contributed by atoms with van der Waals surface area (Å²) in [6.07, 6.45) is 0. The number of hydrogen-bond donors (Lipinski definition) is 0. The number of nitro groups is 6. The summed E-state index contributed by atoms with van der Waals surface area (Å²) >= 11 is 0. The summed E-state index contributed by atoms with van der Waals surface area (Å²) in [5, 5.41) is 62.7. The summed E-state index contributed by atoms with van der Waals surface area (Å²) in [6.45, 7) is 0. The Morgan fingerprint density at radius 3 is 1.20 bits per heavy atom. The molecule has 0 saturated carbocycles. The summed E-state index contributed by atoms with van der Waals surface area (Å²) in [7, 11) is -14.5. The van der Waals surface area contributed by atoms with Gasteiger partial charge in [-0.25, -0.2) is 60.7 Å². The molecule has 0 N–H and O–H groups in total. The molecule has 0 amide bonds. The molecule has 0 aliphatic carbocycles. The standard InChI is InChI=1S/C2H2N12O12Si4/c15-7(16)3-1-4(8(17)18)29-5(9(19)20)2-6(10(21)22)30(29)14(12(25)26)28(1)13(11(23)24)27(2)3/h1-2H. The third kappa shape index (κ3) is 2.00. The van der Waals surface area contributed by atoms with E-state index in [2.05, 4.69) is 0 Å². The monoisotopic (exact) mass is 498 g/mol. The van der Waals surface area contributed by atoms with Crippen LogP contribution < -0.4 is 0 Å². The van der Waals surface area contributed by atoms with E-state index in [0.717, 1.165) is 0 Å². The Balaban J connectivity index is 2.12. The average molecular weight is 498 g/mol. The molecular formula is C2H2N12O12Si4. The third-order valence-corrected chi connectivity index (χ3v) is 20.7. The van der Waals surface area contributed by atoms with Gasteiger partial charge in [-0.3, -0.25) is 0 Å². The van der Waals surface area contributed by atoms with Crippen molar-refractivity contribution in [3.63, 3.8) is 0 Å². The van der Waals surface area contributed by atoms with Crippen LogP contribution in [0.15, 0.2) is 0 Å². The highest BCUT2D eigenvalue weighted by Gasteiger charge is 2.95. The molecule has 5 rings (SSSR count). The molecule has 5 aliphatic heterocycles. The molecule has 0 aromatic carbocycles. The van der Waals surface area contributed by atoms with Crippen LogP contribution in [0.1, 0.15) is 0 Å². The van der Waals surface area contributed by atoms with Crippen molar-refractivity contribution in [3.05, 3.63) is 60.7 Å². The molecule has 0 aromatic heterocycles. The first-order valence-electron chi connectivity index (χ1n) is 7.04. The van der Waals surface area contributed by atoms with E-state index in [9.17, 15) is 60.7 Å². The minimum atomic E-state index is -3.76. The maximum Gasteiger partial charge on any atom is 0.496 e. The molecule has 158 valence electrons. The van der Waals surface area contributed by atoms with Gasteiger partial charge in [0, 0.05) is 0 Å². The van der Waals surface area contributed by atoms with E-state index in [1.807, 2.05) is 0 Å². The van der Waals surface area contributed by atoms with Crippen LogP contribution in [0.3, 0.4) is 0 Å². The molecule has 2 atom stereocenters. The first-order chi connectivity index (χ1) is 13.9. The molecule has 5 fully saturated rings. The van der Waals surface area contributed by atoms with E-state index in [4.69, 9.17) is 0 Å². The SMILES string of the molecule is O=[N+]([O-])N1C2N([N+](=O)[O-])[Si]3N([N+](=O)[O-])C4N([N+](=O)[O-])[Si]3N([N+](=O)[O-])[Si]2N([N+](=O)[O-])[Si]41. The molecule has 5 aliphatic rings. The van der Waals surface area contributed by atoms with Gasteiger partial charge in [-0.15, -0.1) is 27.4 Å². The Morgan fingerprint density at radius 1 is 0.467 bits per heavy atom. The molecule has 6 bridgehead atoms. The molecule has 28 heteroatoms. The Labute approximate surface area is 166 Å². The van der Waals surface area contributed by atoms with Gasteiger partial charge in [-0.1, -0.05) is 0 Å². The lowest BCUT2D eigenvalue weighted by molar-refractivity contribution is -0.690. The lowest BCUT2D eigenvalue weighted by Crippen LogP contribution is -2.83. The minimum absolute atomic E-state index is 0.00575. The Bertz CT molecular complexity index is 788. The van der Waals surface area contributed by atoms with E-state index in [0.29, 0.717) is 0 Å². The largest absolute Gasteiger partial charge is 0.496 e. The maximum atomic E-state index is 11.8. The van der Waals surface area contributed by atoms with Crippen molar-refractivity contribution in [1.82, 2.24) is 27.4 Å². The van der Waals surface area contributed by atoms with Crippen LogP contribution in [-0.4, -0.2) is 105 Å². The van der Waals surface area contributed by atoms with Crippen molar-refractivity contribution >= 4 is 35.5 Å². The highest BCUT2D eigenvalue weighted by Crippen LogP contribution is 2.45. The van der Waals surface area contributed by atoms with Gasteiger partial charge in [0.15, 0.2) is 20.1 Å². The van der Waals surface area contributed by atoms with Crippen LogP contribution in [0.5, 0.6) is 0 Å². The number of rotatable bonds is 6. The highest BCUT2D eigenvalue weighted by atomic mass is 29.2. The van der Waals surface area contributed by atoms with Crippen molar-refractivity contribution in [2.45, 2.75) is 11.6 Å². The minimum Gasteiger partial charge on any atom is -0.236 e. The van der Waals surface area contributed by atoms with Crippen molar-refractivity contribution < 1.29 is 30.2 Å². The summed E-state index contributed by atoms with van der Waals surface area (Å²) in [5.74, 6) is -4.40. The summed E-state index contributed by atoms with van der Waals surface area (Å²) in [4.78, 5) is 70.3. The topological polar surface area (TPSA) is 278 Å². The summed E-state index contributed by atoms with van der Waals surface area (Å²) in [5.41, 5.74) is 0. The van der Waals surface area contributed by atoms with Crippen molar-refractivity contribution in [2.75, 3.05) is 0 Å². The normalized spacial score (nSPS) is 26.0. The smallest absolute Gasteiger partial charge is 0.236 e. The molecule has 24 nitrogen and oxygen atoms in total. The second-order valence-corrected chi connectivity index (χ2v) is 16.4. The van der Waals surface area contributed by atoms with E-state index in [1.165, 1.54) is 0 Å². The fourth-order valence-electron chi connectivity index (χ4n) is 3.58. The first-order valence-corrected chi connectivity index (χ1v) is 13.8. The molecule has 5 saturated heterocycles. The fourth-order valence-corrected chi connectivity index (χ4v) is 25.0. The van der Waals surface area contributed by atoms with E-state index >= 15 is 0 Å². The molecule has 0 aromatic rings. The van der Waals surface area contributed by atoms with Crippen molar-refractivity contribution in [1.29, 1.82) is 0 Å². The van der Waals surface area contributed by atoms with Gasteiger partial charge in [-0.2, -0.15) is 0 Å². The molecule has 0 spiro atoms. The van der Waals surface area contributed by atoms with Gasteiger partial charge in [0.2, 0.25) is 11.6 Å². The number of hydrogen-bond acceptors (Lipinski definition) is 12. The van der Waals surface area contributed by atoms with Crippen LogP contribution in [0.25, 0.3) is 0 Å². The lowest BCUT2D eigenvalue weighted by atomic mass is 11.1. The van der Waals surface area contributed by atoms with Gasteiger partial charge >= 0.3 is 35.5 Å². The zero-order valence-corrected chi connectivity index (χ0v) is 17.4. The van der Waals surface area contributed by atoms with Crippen LogP contribution >= 0.6 is 0 Å². The van der Waals surface area contributed by atoms with Gasteiger partial charge in [0.25, 0.3) is 0 Å². The first kappa shape index (κ1) is 19.4. The third-order valence-electron chi connectivity index (χ3n) is 4.36. The quantitative estimate of drug-likeness (QED) is 0.188. The zero-order valence-electron chi connectivity index (χ0n) is 13.4. The molecule has 30 heavy (non-hydrogen) atoms. The predicted molar refractivity (Wildman–Crippen MR) is 83.6 cm³/mol. The zero-order chi connectivity index (χ0) is 22.4. The second kappa shape index (κ2) is 5.79. The number of nitrogens with zero attached hydrogens (tertiary/aromatic N) is 12. The maximum absolute atomic E-state index is 11.8. The summed E-state index contributed by atoms with van der Waals surface area (Å²) in [6, 6.07) is 0. The van der Waals surface area contributed by atoms with Crippen molar-refractivity contribution in [3.8, 4) is 0 Å². The van der Waals surface area contributed by atoms with E-state index in [-0.39, 0.29) is 27.4 Å². The van der Waals surface area contributed by atoms with Gasteiger partial charge in [-0.05, 0) is 0 Å². The van der Waals surface area contributed by atoms with Gasteiger partial charge in [0.1, 0.15) is 10.1 Å². The highest BCUT2D eigenvalue weighted by molar-refractivity contribution is 7.22. The molecular weight excluding hydrogens is 496 g/mol. The lowest BCUT2D eigenvalue weighted by Gasteiger charge is -2.36. The van der Waals surface area contributed by atoms with Gasteiger partial charge < -0.3 is 0 Å². The summed E-state index contributed by atoms with van der Waals surface area (Å²) < 4.78 is 0.215. The Hall–Kier alpha value is -3.93. The van der Waals surface area contributed by atoms with Crippen molar-refractivity contribution in [2.24, 2.45) is 0 Å². The van der Waals surface area contributed by atoms with Gasteiger partial charge in [0.05, 0.1) is 0 Å². The fraction of sp³-hybridized carbons (Fsp3) is 1.00. The Morgan fingerprint density at radius 2 is 0.833 bits per heavy atom. The van der Waals surface area contributed by atoms with Crippen LogP contribution in [-0.2, 0) is 0 Å². The second-order valence-electron chi connectivity index (χ2n) is 5.54. The van der Waals surface area contributed by atoms with Crippen LogP contribution in [0, 0.1) is 60.7 Å². The van der Waals surface area contributed by atoms with E-state index < -0.39 is 77.3 Å². The molecule has 5 heterocycles. The van der Waals surface area contributed by atoms with Crippen LogP contribution in [0.2, 0.25) is 0 Å². The predicted octanol–water partition coefficient (Wildman–Crippen LogP) is -5.24.